The minimum absolute atomic E-state index is 0.447. The van der Waals surface area contributed by atoms with Crippen LogP contribution in [0.1, 0.15) is 27.7 Å². The zero-order valence-corrected chi connectivity index (χ0v) is 9.35. The van der Waals surface area contributed by atoms with E-state index in [9.17, 15) is 0 Å². The first-order chi connectivity index (χ1) is 5.99. The molecule has 0 fully saturated rings. The summed E-state index contributed by atoms with van der Waals surface area (Å²) in [6.07, 6.45) is 4.16. The summed E-state index contributed by atoms with van der Waals surface area (Å²) in [6.45, 7) is 12.3. The van der Waals surface area contributed by atoms with E-state index in [0.717, 1.165) is 11.3 Å². The second-order valence-electron chi connectivity index (χ2n) is 3.65. The van der Waals surface area contributed by atoms with Gasteiger partial charge in [-0.1, -0.05) is 38.2 Å². The highest BCUT2D eigenvalue weighted by Crippen LogP contribution is 2.18. The molecule has 13 heavy (non-hydrogen) atoms. The summed E-state index contributed by atoms with van der Waals surface area (Å²) in [4.78, 5) is 0. The standard InChI is InChI=1S/C12H20O/c1-9(2)7-8-12(10(3)4)11(5)13-6/h7-8,10H,5H2,1-4,6H3/b12-8-. The normalized spacial score (nSPS) is 11.4. The van der Waals surface area contributed by atoms with Crippen LogP contribution < -0.4 is 0 Å². The van der Waals surface area contributed by atoms with Crippen LogP contribution in [0.5, 0.6) is 0 Å². The Morgan fingerprint density at radius 1 is 1.23 bits per heavy atom. The van der Waals surface area contributed by atoms with E-state index in [1.807, 2.05) is 0 Å². The summed E-state index contributed by atoms with van der Waals surface area (Å²) < 4.78 is 5.11. The molecular weight excluding hydrogens is 160 g/mol. The van der Waals surface area contributed by atoms with Crippen LogP contribution in [0, 0.1) is 5.92 Å². The number of methoxy groups -OCH3 is 1. The van der Waals surface area contributed by atoms with E-state index in [1.165, 1.54) is 5.57 Å². The molecule has 0 rings (SSSR count). The summed E-state index contributed by atoms with van der Waals surface area (Å²) in [5, 5.41) is 0. The van der Waals surface area contributed by atoms with Crippen molar-refractivity contribution >= 4 is 0 Å². The first-order valence-electron chi connectivity index (χ1n) is 4.57. The average molecular weight is 180 g/mol. The fourth-order valence-electron chi connectivity index (χ4n) is 0.982. The molecule has 0 aliphatic rings. The van der Waals surface area contributed by atoms with Crippen LogP contribution in [0.3, 0.4) is 0 Å². The predicted octanol–water partition coefficient (Wildman–Crippen LogP) is 3.70. The van der Waals surface area contributed by atoms with Crippen LogP contribution in [-0.2, 0) is 4.74 Å². The van der Waals surface area contributed by atoms with E-state index >= 15 is 0 Å². The Morgan fingerprint density at radius 3 is 2.08 bits per heavy atom. The van der Waals surface area contributed by atoms with E-state index in [2.05, 4.69) is 46.4 Å². The summed E-state index contributed by atoms with van der Waals surface area (Å²) in [6, 6.07) is 0. The Morgan fingerprint density at radius 2 is 1.77 bits per heavy atom. The number of rotatable bonds is 4. The SMILES string of the molecule is C=C(OC)/C(=C\C=C(C)C)C(C)C. The monoisotopic (exact) mass is 180 g/mol. The first kappa shape index (κ1) is 12.0. The highest BCUT2D eigenvalue weighted by molar-refractivity contribution is 5.29. The molecular formula is C12H20O. The third-order valence-electron chi connectivity index (χ3n) is 1.79. The summed E-state index contributed by atoms with van der Waals surface area (Å²) in [7, 11) is 1.65. The Labute approximate surface area is 81.8 Å². The molecule has 1 heteroatoms. The summed E-state index contributed by atoms with van der Waals surface area (Å²) >= 11 is 0. The van der Waals surface area contributed by atoms with Gasteiger partial charge in [0.1, 0.15) is 5.76 Å². The van der Waals surface area contributed by atoms with E-state index in [4.69, 9.17) is 4.74 Å². The van der Waals surface area contributed by atoms with Crippen LogP contribution in [0.25, 0.3) is 0 Å². The van der Waals surface area contributed by atoms with Crippen LogP contribution in [0.2, 0.25) is 0 Å². The third-order valence-corrected chi connectivity index (χ3v) is 1.79. The molecule has 0 bridgehead atoms. The van der Waals surface area contributed by atoms with Gasteiger partial charge >= 0.3 is 0 Å². The molecule has 74 valence electrons. The molecule has 0 aromatic rings. The van der Waals surface area contributed by atoms with Crippen molar-refractivity contribution in [3.05, 3.63) is 35.6 Å². The highest BCUT2D eigenvalue weighted by atomic mass is 16.5. The fraction of sp³-hybridized carbons (Fsp3) is 0.500. The Kier molecular flexibility index (Phi) is 5.20. The van der Waals surface area contributed by atoms with Gasteiger partial charge in [0.05, 0.1) is 7.11 Å². The van der Waals surface area contributed by atoms with E-state index < -0.39 is 0 Å². The van der Waals surface area contributed by atoms with Gasteiger partial charge in [0.15, 0.2) is 0 Å². The van der Waals surface area contributed by atoms with Gasteiger partial charge in [-0.2, -0.15) is 0 Å². The molecule has 0 heterocycles. The van der Waals surface area contributed by atoms with Crippen molar-refractivity contribution in [1.82, 2.24) is 0 Å². The lowest BCUT2D eigenvalue weighted by molar-refractivity contribution is 0.296. The number of allylic oxidation sites excluding steroid dienone is 4. The van der Waals surface area contributed by atoms with Crippen LogP contribution in [-0.4, -0.2) is 7.11 Å². The topological polar surface area (TPSA) is 9.23 Å². The first-order valence-corrected chi connectivity index (χ1v) is 4.57. The second-order valence-corrected chi connectivity index (χ2v) is 3.65. The quantitative estimate of drug-likeness (QED) is 0.473. The predicted molar refractivity (Wildman–Crippen MR) is 58.5 cm³/mol. The molecule has 1 nitrogen and oxygen atoms in total. The number of hydrogen-bond donors (Lipinski definition) is 0. The zero-order chi connectivity index (χ0) is 10.4. The smallest absolute Gasteiger partial charge is 0.115 e. The lowest BCUT2D eigenvalue weighted by atomic mass is 10.0. The minimum Gasteiger partial charge on any atom is -0.497 e. The van der Waals surface area contributed by atoms with Crippen molar-refractivity contribution in [2.75, 3.05) is 7.11 Å². The molecule has 0 saturated heterocycles. The largest absolute Gasteiger partial charge is 0.497 e. The molecule has 0 unspecified atom stereocenters. The summed E-state index contributed by atoms with van der Waals surface area (Å²) in [5.74, 6) is 1.20. The van der Waals surface area contributed by atoms with E-state index in [-0.39, 0.29) is 0 Å². The van der Waals surface area contributed by atoms with Gasteiger partial charge in [-0.15, -0.1) is 0 Å². The molecule has 0 aliphatic carbocycles. The molecule has 0 radical (unpaired) electrons. The highest BCUT2D eigenvalue weighted by Gasteiger charge is 2.06. The number of hydrogen-bond acceptors (Lipinski definition) is 1. The Bertz CT molecular complexity index is 228. The fourth-order valence-corrected chi connectivity index (χ4v) is 0.982. The molecule has 0 amide bonds. The van der Waals surface area contributed by atoms with E-state index in [0.29, 0.717) is 5.92 Å². The van der Waals surface area contributed by atoms with Gasteiger partial charge in [0, 0.05) is 0 Å². The van der Waals surface area contributed by atoms with Crippen molar-refractivity contribution < 1.29 is 4.74 Å². The maximum absolute atomic E-state index is 5.11. The zero-order valence-electron chi connectivity index (χ0n) is 9.35. The minimum atomic E-state index is 0.447. The molecule has 0 aliphatic heterocycles. The molecule has 0 aromatic heterocycles. The second kappa shape index (κ2) is 5.63. The van der Waals surface area contributed by atoms with Crippen LogP contribution >= 0.6 is 0 Å². The Balaban J connectivity index is 4.71. The van der Waals surface area contributed by atoms with Gasteiger partial charge < -0.3 is 4.74 Å². The average Bonchev–Trinajstić information content (AvgIpc) is 2.03. The van der Waals surface area contributed by atoms with E-state index in [1.54, 1.807) is 7.11 Å². The number of ether oxygens (including phenoxy) is 1. The lowest BCUT2D eigenvalue weighted by Crippen LogP contribution is -1.98. The van der Waals surface area contributed by atoms with Crippen molar-refractivity contribution in [2.45, 2.75) is 27.7 Å². The maximum atomic E-state index is 5.11. The third kappa shape index (κ3) is 4.56. The van der Waals surface area contributed by atoms with Gasteiger partial charge in [0.25, 0.3) is 0 Å². The van der Waals surface area contributed by atoms with Gasteiger partial charge in [0.2, 0.25) is 0 Å². The van der Waals surface area contributed by atoms with Crippen LogP contribution in [0.4, 0.5) is 0 Å². The lowest BCUT2D eigenvalue weighted by Gasteiger charge is -2.12. The molecule has 0 aromatic carbocycles. The van der Waals surface area contributed by atoms with Crippen molar-refractivity contribution in [3.8, 4) is 0 Å². The summed E-state index contributed by atoms with van der Waals surface area (Å²) in [5.41, 5.74) is 2.44. The van der Waals surface area contributed by atoms with Gasteiger partial charge in [-0.3, -0.25) is 0 Å². The van der Waals surface area contributed by atoms with Gasteiger partial charge in [-0.05, 0) is 25.3 Å². The van der Waals surface area contributed by atoms with Crippen molar-refractivity contribution in [3.63, 3.8) is 0 Å². The molecule has 0 N–H and O–H groups in total. The van der Waals surface area contributed by atoms with Crippen LogP contribution in [0.15, 0.2) is 35.6 Å². The van der Waals surface area contributed by atoms with Gasteiger partial charge in [-0.25, -0.2) is 0 Å². The maximum Gasteiger partial charge on any atom is 0.115 e. The molecule has 0 spiro atoms. The molecule has 0 saturated carbocycles. The Hall–Kier alpha value is -0.980. The molecule has 0 atom stereocenters. The van der Waals surface area contributed by atoms with Crippen molar-refractivity contribution in [1.29, 1.82) is 0 Å². The van der Waals surface area contributed by atoms with Crippen molar-refractivity contribution in [2.24, 2.45) is 5.92 Å².